The van der Waals surface area contributed by atoms with Gasteiger partial charge >= 0.3 is 6.18 Å². The first-order valence-corrected chi connectivity index (χ1v) is 12.2. The standard InChI is InChI=1S/C18H23F4N5O2S2/c1-4-31(28,29)27-7-5-11(6-8-27)24-17-23-9-12(19)13(25-17)14-15(18(20,21)22)26-16(30-14)10(2)3/h9-11H,4-8H2,1-3H3,(H,23,24,25). The number of alkyl halides is 3. The fourth-order valence-corrected chi connectivity index (χ4v) is 5.39. The molecular formula is C18H23F4N5O2S2. The third-order valence-corrected chi connectivity index (χ3v) is 8.15. The van der Waals surface area contributed by atoms with Gasteiger partial charge in [-0.1, -0.05) is 13.8 Å². The Balaban J connectivity index is 1.84. The van der Waals surface area contributed by atoms with Gasteiger partial charge in [-0.25, -0.2) is 32.1 Å². The van der Waals surface area contributed by atoms with Crippen LogP contribution in [0.1, 0.15) is 50.2 Å². The molecule has 0 aromatic carbocycles. The van der Waals surface area contributed by atoms with Crippen LogP contribution in [-0.4, -0.2) is 52.6 Å². The summed E-state index contributed by atoms with van der Waals surface area (Å²) in [4.78, 5) is 11.1. The number of aromatic nitrogens is 3. The molecule has 1 N–H and O–H groups in total. The van der Waals surface area contributed by atoms with Gasteiger partial charge in [-0.05, 0) is 19.8 Å². The van der Waals surface area contributed by atoms with Crippen LogP contribution in [0.2, 0.25) is 0 Å². The summed E-state index contributed by atoms with van der Waals surface area (Å²) in [6.45, 7) is 5.61. The van der Waals surface area contributed by atoms with Crippen molar-refractivity contribution in [2.75, 3.05) is 24.2 Å². The molecule has 0 bridgehead atoms. The van der Waals surface area contributed by atoms with E-state index >= 15 is 0 Å². The molecule has 1 aliphatic rings. The van der Waals surface area contributed by atoms with Crippen LogP contribution in [0.5, 0.6) is 0 Å². The predicted octanol–water partition coefficient (Wildman–Crippen LogP) is 4.11. The summed E-state index contributed by atoms with van der Waals surface area (Å²) in [5, 5.41) is 3.22. The number of piperidine rings is 1. The van der Waals surface area contributed by atoms with Crippen molar-refractivity contribution in [1.82, 2.24) is 19.3 Å². The first-order chi connectivity index (χ1) is 14.4. The Kier molecular flexibility index (Phi) is 6.87. The van der Waals surface area contributed by atoms with Crippen molar-refractivity contribution in [2.45, 2.75) is 51.7 Å². The summed E-state index contributed by atoms with van der Waals surface area (Å²) in [5.41, 5.74) is -1.62. The third kappa shape index (κ3) is 5.32. The molecule has 31 heavy (non-hydrogen) atoms. The van der Waals surface area contributed by atoms with Crippen molar-refractivity contribution in [3.05, 3.63) is 22.7 Å². The average molecular weight is 482 g/mol. The molecule has 0 atom stereocenters. The lowest BCUT2D eigenvalue weighted by Crippen LogP contribution is -2.43. The smallest absolute Gasteiger partial charge is 0.351 e. The van der Waals surface area contributed by atoms with Crippen LogP contribution in [0, 0.1) is 5.82 Å². The monoisotopic (exact) mass is 481 g/mol. The first-order valence-electron chi connectivity index (χ1n) is 9.77. The number of nitrogens with zero attached hydrogens (tertiary/aromatic N) is 4. The molecule has 0 amide bonds. The Morgan fingerprint density at radius 3 is 2.45 bits per heavy atom. The fraction of sp³-hybridized carbons (Fsp3) is 0.611. The van der Waals surface area contributed by atoms with E-state index in [1.54, 1.807) is 20.8 Å². The van der Waals surface area contributed by atoms with Gasteiger partial charge < -0.3 is 5.32 Å². The lowest BCUT2D eigenvalue weighted by Gasteiger charge is -2.31. The van der Waals surface area contributed by atoms with E-state index in [4.69, 9.17) is 0 Å². The van der Waals surface area contributed by atoms with Crippen molar-refractivity contribution in [3.8, 4) is 10.6 Å². The van der Waals surface area contributed by atoms with E-state index in [2.05, 4.69) is 20.3 Å². The van der Waals surface area contributed by atoms with Crippen molar-refractivity contribution >= 4 is 27.3 Å². The molecule has 3 rings (SSSR count). The summed E-state index contributed by atoms with van der Waals surface area (Å²) in [6.07, 6.45) is -2.97. The Bertz CT molecular complexity index is 1030. The molecule has 0 spiro atoms. The minimum Gasteiger partial charge on any atom is -0.351 e. The minimum absolute atomic E-state index is 0.0131. The van der Waals surface area contributed by atoms with Crippen LogP contribution >= 0.6 is 11.3 Å². The number of hydrogen-bond acceptors (Lipinski definition) is 7. The summed E-state index contributed by atoms with van der Waals surface area (Å²) < 4.78 is 80.2. The highest BCUT2D eigenvalue weighted by Crippen LogP contribution is 2.42. The molecule has 13 heteroatoms. The molecule has 172 valence electrons. The SMILES string of the molecule is CCS(=O)(=O)N1CCC(Nc2ncc(F)c(-c3sc(C(C)C)nc3C(F)(F)F)n2)CC1. The molecule has 2 aromatic rings. The molecule has 1 aliphatic heterocycles. The van der Waals surface area contributed by atoms with Gasteiger partial charge in [-0.15, -0.1) is 11.3 Å². The molecule has 0 radical (unpaired) electrons. The highest BCUT2D eigenvalue weighted by Gasteiger charge is 2.39. The maximum absolute atomic E-state index is 14.4. The number of rotatable bonds is 6. The van der Waals surface area contributed by atoms with Crippen LogP contribution in [-0.2, 0) is 16.2 Å². The Morgan fingerprint density at radius 2 is 1.90 bits per heavy atom. The van der Waals surface area contributed by atoms with Gasteiger partial charge in [-0.3, -0.25) is 0 Å². The zero-order valence-corrected chi connectivity index (χ0v) is 18.8. The van der Waals surface area contributed by atoms with Crippen molar-refractivity contribution in [1.29, 1.82) is 0 Å². The number of nitrogens with one attached hydrogen (secondary N) is 1. The average Bonchev–Trinajstić information content (AvgIpc) is 3.16. The number of hydrogen-bond donors (Lipinski definition) is 1. The maximum atomic E-state index is 14.4. The highest BCUT2D eigenvalue weighted by atomic mass is 32.2. The Labute approximate surface area is 182 Å². The summed E-state index contributed by atoms with van der Waals surface area (Å²) in [7, 11) is -3.28. The fourth-order valence-electron chi connectivity index (χ4n) is 3.18. The lowest BCUT2D eigenvalue weighted by atomic mass is 10.1. The topological polar surface area (TPSA) is 88.1 Å². The second-order valence-electron chi connectivity index (χ2n) is 7.49. The molecular weight excluding hydrogens is 458 g/mol. The van der Waals surface area contributed by atoms with Crippen LogP contribution in [0.25, 0.3) is 10.6 Å². The van der Waals surface area contributed by atoms with E-state index in [0.29, 0.717) is 25.9 Å². The third-order valence-electron chi connectivity index (χ3n) is 4.91. The number of sulfonamides is 1. The quantitative estimate of drug-likeness (QED) is 0.625. The van der Waals surface area contributed by atoms with Gasteiger partial charge in [0.25, 0.3) is 0 Å². The second-order valence-corrected chi connectivity index (χ2v) is 10.8. The molecule has 0 unspecified atom stereocenters. The normalized spacial score (nSPS) is 16.8. The van der Waals surface area contributed by atoms with Crippen LogP contribution < -0.4 is 5.32 Å². The van der Waals surface area contributed by atoms with Crippen LogP contribution in [0.4, 0.5) is 23.5 Å². The summed E-state index contributed by atoms with van der Waals surface area (Å²) >= 11 is 0.759. The number of halogens is 4. The van der Waals surface area contributed by atoms with Crippen LogP contribution in [0.15, 0.2) is 6.20 Å². The van der Waals surface area contributed by atoms with Crippen LogP contribution in [0.3, 0.4) is 0 Å². The van der Waals surface area contributed by atoms with Crippen molar-refractivity contribution in [3.63, 3.8) is 0 Å². The van der Waals surface area contributed by atoms with Crippen molar-refractivity contribution < 1.29 is 26.0 Å². The lowest BCUT2D eigenvalue weighted by molar-refractivity contribution is -0.140. The predicted molar refractivity (Wildman–Crippen MR) is 110 cm³/mol. The van der Waals surface area contributed by atoms with Gasteiger partial charge in [0.2, 0.25) is 16.0 Å². The zero-order chi connectivity index (χ0) is 23.0. The molecule has 3 heterocycles. The molecule has 0 aliphatic carbocycles. The molecule has 7 nitrogen and oxygen atoms in total. The minimum atomic E-state index is -4.75. The summed E-state index contributed by atoms with van der Waals surface area (Å²) in [5.74, 6) is -1.23. The molecule has 2 aromatic heterocycles. The van der Waals surface area contributed by atoms with E-state index in [1.807, 2.05) is 0 Å². The van der Waals surface area contributed by atoms with Gasteiger partial charge in [0.05, 0.1) is 21.8 Å². The largest absolute Gasteiger partial charge is 0.434 e. The summed E-state index contributed by atoms with van der Waals surface area (Å²) in [6, 6.07) is -0.184. The van der Waals surface area contributed by atoms with E-state index in [1.165, 1.54) is 4.31 Å². The second kappa shape index (κ2) is 8.94. The van der Waals surface area contributed by atoms with E-state index in [-0.39, 0.29) is 33.5 Å². The number of anilines is 1. The maximum Gasteiger partial charge on any atom is 0.434 e. The van der Waals surface area contributed by atoms with Gasteiger partial charge in [0.1, 0.15) is 5.69 Å². The zero-order valence-electron chi connectivity index (χ0n) is 17.2. The molecule has 1 saturated heterocycles. The van der Waals surface area contributed by atoms with Gasteiger partial charge in [0, 0.05) is 25.0 Å². The highest BCUT2D eigenvalue weighted by molar-refractivity contribution is 7.89. The number of thiazole rings is 1. The Morgan fingerprint density at radius 1 is 1.26 bits per heavy atom. The first kappa shape index (κ1) is 23.8. The van der Waals surface area contributed by atoms with E-state index in [0.717, 1.165) is 17.5 Å². The van der Waals surface area contributed by atoms with E-state index < -0.39 is 33.4 Å². The van der Waals surface area contributed by atoms with E-state index in [9.17, 15) is 26.0 Å². The Hall–Kier alpha value is -1.86. The molecule has 1 fully saturated rings. The van der Waals surface area contributed by atoms with Crippen molar-refractivity contribution in [2.24, 2.45) is 0 Å². The van der Waals surface area contributed by atoms with Gasteiger partial charge in [-0.2, -0.15) is 13.2 Å². The van der Waals surface area contributed by atoms with Gasteiger partial charge in [0.15, 0.2) is 11.5 Å². The molecule has 0 saturated carbocycles.